The Hall–Kier alpha value is -1.98. The zero-order valence-corrected chi connectivity index (χ0v) is 15.9. The second-order valence-corrected chi connectivity index (χ2v) is 7.73. The number of amides is 1. The van der Waals surface area contributed by atoms with E-state index in [9.17, 15) is 9.59 Å². The standard InChI is InChI=1S/C20H26N2O2S/c1-15-9-11-19(25-15)18(23)10-12-20(24)21-14-17(22(2)3)13-16-7-5-4-6-8-16/h4-9,11,17H,10,12-14H2,1-3H3,(H,21,24). The van der Waals surface area contributed by atoms with Gasteiger partial charge in [0.15, 0.2) is 5.78 Å². The maximum absolute atomic E-state index is 12.1. The van der Waals surface area contributed by atoms with Crippen molar-refractivity contribution in [2.75, 3.05) is 20.6 Å². The van der Waals surface area contributed by atoms with Gasteiger partial charge in [-0.15, -0.1) is 11.3 Å². The molecule has 1 aromatic carbocycles. The van der Waals surface area contributed by atoms with Crippen LogP contribution in [0, 0.1) is 6.92 Å². The van der Waals surface area contributed by atoms with Gasteiger partial charge in [0.25, 0.3) is 0 Å². The summed E-state index contributed by atoms with van der Waals surface area (Å²) in [6.45, 7) is 2.55. The van der Waals surface area contributed by atoms with E-state index in [2.05, 4.69) is 22.3 Å². The van der Waals surface area contributed by atoms with Crippen molar-refractivity contribution in [2.45, 2.75) is 32.2 Å². The number of carbonyl (C=O) groups excluding carboxylic acids is 2. The van der Waals surface area contributed by atoms with Gasteiger partial charge in [-0.1, -0.05) is 30.3 Å². The third-order valence-corrected chi connectivity index (χ3v) is 5.22. The number of rotatable bonds is 9. The second-order valence-electron chi connectivity index (χ2n) is 6.44. The smallest absolute Gasteiger partial charge is 0.220 e. The average Bonchev–Trinajstić information content (AvgIpc) is 3.03. The largest absolute Gasteiger partial charge is 0.355 e. The number of likely N-dealkylation sites (N-methyl/N-ethyl adjacent to an activating group) is 1. The van der Waals surface area contributed by atoms with Crippen molar-refractivity contribution >= 4 is 23.0 Å². The fraction of sp³-hybridized carbons (Fsp3) is 0.400. The first-order valence-corrected chi connectivity index (χ1v) is 9.34. The number of thiophene rings is 1. The van der Waals surface area contributed by atoms with Gasteiger partial charge in [0.1, 0.15) is 0 Å². The van der Waals surface area contributed by atoms with Crippen LogP contribution < -0.4 is 5.32 Å². The van der Waals surface area contributed by atoms with E-state index in [1.165, 1.54) is 16.9 Å². The van der Waals surface area contributed by atoms with Crippen molar-refractivity contribution in [2.24, 2.45) is 0 Å². The summed E-state index contributed by atoms with van der Waals surface area (Å²) in [5.74, 6) is -0.0248. The van der Waals surface area contributed by atoms with E-state index in [0.29, 0.717) is 6.54 Å². The first-order chi connectivity index (χ1) is 12.0. The molecule has 1 N–H and O–H groups in total. The van der Waals surface area contributed by atoms with Crippen LogP contribution in [0.4, 0.5) is 0 Å². The number of benzene rings is 1. The minimum Gasteiger partial charge on any atom is -0.355 e. The number of hydrogen-bond acceptors (Lipinski definition) is 4. The third-order valence-electron chi connectivity index (χ3n) is 4.17. The highest BCUT2D eigenvalue weighted by Gasteiger charge is 2.15. The van der Waals surface area contributed by atoms with Crippen LogP contribution in [0.15, 0.2) is 42.5 Å². The van der Waals surface area contributed by atoms with E-state index < -0.39 is 0 Å². The molecule has 0 bridgehead atoms. The molecule has 0 saturated carbocycles. The number of carbonyl (C=O) groups is 2. The fourth-order valence-electron chi connectivity index (χ4n) is 2.58. The number of aryl methyl sites for hydroxylation is 1. The molecular formula is C20H26N2O2S. The quantitative estimate of drug-likeness (QED) is 0.700. The summed E-state index contributed by atoms with van der Waals surface area (Å²) < 4.78 is 0. The van der Waals surface area contributed by atoms with E-state index in [0.717, 1.165) is 16.2 Å². The zero-order valence-electron chi connectivity index (χ0n) is 15.1. The van der Waals surface area contributed by atoms with Crippen LogP contribution in [-0.4, -0.2) is 43.3 Å². The van der Waals surface area contributed by atoms with Crippen LogP contribution in [0.5, 0.6) is 0 Å². The summed E-state index contributed by atoms with van der Waals surface area (Å²) in [7, 11) is 4.03. The van der Waals surface area contributed by atoms with Gasteiger partial charge in [-0.3, -0.25) is 9.59 Å². The van der Waals surface area contributed by atoms with Crippen molar-refractivity contribution in [3.05, 3.63) is 57.8 Å². The third kappa shape index (κ3) is 6.44. The lowest BCUT2D eigenvalue weighted by Gasteiger charge is -2.24. The Labute approximate surface area is 153 Å². The average molecular weight is 359 g/mol. The number of ketones is 1. The highest BCUT2D eigenvalue weighted by atomic mass is 32.1. The number of nitrogens with one attached hydrogen (secondary N) is 1. The Kier molecular flexibility index (Phi) is 7.34. The van der Waals surface area contributed by atoms with Gasteiger partial charge in [0, 0.05) is 30.3 Å². The van der Waals surface area contributed by atoms with Crippen LogP contribution in [0.25, 0.3) is 0 Å². The molecule has 5 heteroatoms. The molecule has 0 aliphatic heterocycles. The molecule has 134 valence electrons. The summed E-state index contributed by atoms with van der Waals surface area (Å²) in [5.41, 5.74) is 1.25. The predicted molar refractivity (Wildman–Crippen MR) is 103 cm³/mol. The van der Waals surface area contributed by atoms with Crippen LogP contribution in [0.3, 0.4) is 0 Å². The number of nitrogens with zero attached hydrogens (tertiary/aromatic N) is 1. The molecule has 0 saturated heterocycles. The Morgan fingerprint density at radius 1 is 1.08 bits per heavy atom. The van der Waals surface area contributed by atoms with E-state index in [4.69, 9.17) is 0 Å². The van der Waals surface area contributed by atoms with Crippen molar-refractivity contribution in [3.8, 4) is 0 Å². The molecular weight excluding hydrogens is 332 g/mol. The van der Waals surface area contributed by atoms with Crippen molar-refractivity contribution in [1.82, 2.24) is 10.2 Å². The first kappa shape index (κ1) is 19.3. The molecule has 1 heterocycles. The molecule has 0 aliphatic rings. The lowest BCUT2D eigenvalue weighted by molar-refractivity contribution is -0.121. The minimum absolute atomic E-state index is 0.0432. The molecule has 0 spiro atoms. The molecule has 1 unspecified atom stereocenters. The molecule has 2 aromatic rings. The van der Waals surface area contributed by atoms with Crippen molar-refractivity contribution < 1.29 is 9.59 Å². The molecule has 0 aliphatic carbocycles. The summed E-state index contributed by atoms with van der Waals surface area (Å²) >= 11 is 1.48. The van der Waals surface area contributed by atoms with E-state index in [-0.39, 0.29) is 30.6 Å². The SMILES string of the molecule is Cc1ccc(C(=O)CCC(=O)NCC(Cc2ccccc2)N(C)C)s1. The summed E-state index contributed by atoms with van der Waals surface area (Å²) in [5, 5.41) is 2.97. The Morgan fingerprint density at radius 2 is 1.80 bits per heavy atom. The Bertz CT molecular complexity index is 695. The summed E-state index contributed by atoms with van der Waals surface area (Å²) in [6.07, 6.45) is 1.37. The maximum atomic E-state index is 12.1. The van der Waals surface area contributed by atoms with E-state index in [1.807, 2.05) is 51.4 Å². The predicted octanol–water partition coefficient (Wildman–Crippen LogP) is 3.31. The fourth-order valence-corrected chi connectivity index (χ4v) is 3.41. The lowest BCUT2D eigenvalue weighted by Crippen LogP contribution is -2.41. The molecule has 25 heavy (non-hydrogen) atoms. The monoisotopic (exact) mass is 358 g/mol. The zero-order chi connectivity index (χ0) is 18.2. The first-order valence-electron chi connectivity index (χ1n) is 8.52. The maximum Gasteiger partial charge on any atom is 0.220 e. The second kappa shape index (κ2) is 9.49. The molecule has 1 aromatic heterocycles. The molecule has 2 rings (SSSR count). The summed E-state index contributed by atoms with van der Waals surface area (Å²) in [6, 6.07) is 14.2. The highest BCUT2D eigenvalue weighted by Crippen LogP contribution is 2.17. The van der Waals surface area contributed by atoms with Crippen LogP contribution in [-0.2, 0) is 11.2 Å². The minimum atomic E-state index is -0.0680. The molecule has 4 nitrogen and oxygen atoms in total. The lowest BCUT2D eigenvalue weighted by atomic mass is 10.1. The van der Waals surface area contributed by atoms with Gasteiger partial charge in [-0.05, 0) is 45.1 Å². The Morgan fingerprint density at radius 3 is 2.40 bits per heavy atom. The van der Waals surface area contributed by atoms with Crippen molar-refractivity contribution in [3.63, 3.8) is 0 Å². The number of Topliss-reactive ketones (excluding diaryl/α,β-unsaturated/α-hetero) is 1. The normalized spacial score (nSPS) is 12.2. The van der Waals surface area contributed by atoms with Gasteiger partial charge >= 0.3 is 0 Å². The van der Waals surface area contributed by atoms with E-state index in [1.54, 1.807) is 0 Å². The summed E-state index contributed by atoms with van der Waals surface area (Å²) in [4.78, 5) is 28.1. The number of hydrogen-bond donors (Lipinski definition) is 1. The topological polar surface area (TPSA) is 49.4 Å². The van der Waals surface area contributed by atoms with Crippen LogP contribution in [0.1, 0.15) is 33.0 Å². The molecule has 0 radical (unpaired) electrons. The highest BCUT2D eigenvalue weighted by molar-refractivity contribution is 7.14. The van der Waals surface area contributed by atoms with Gasteiger partial charge in [-0.25, -0.2) is 0 Å². The molecule has 1 amide bonds. The Balaban J connectivity index is 1.77. The van der Waals surface area contributed by atoms with Crippen LogP contribution >= 0.6 is 11.3 Å². The molecule has 1 atom stereocenters. The van der Waals surface area contributed by atoms with Gasteiger partial charge < -0.3 is 10.2 Å². The van der Waals surface area contributed by atoms with Gasteiger partial charge in [0.05, 0.1) is 4.88 Å². The van der Waals surface area contributed by atoms with Gasteiger partial charge in [0.2, 0.25) is 5.91 Å². The van der Waals surface area contributed by atoms with Gasteiger partial charge in [-0.2, -0.15) is 0 Å². The van der Waals surface area contributed by atoms with Crippen LogP contribution in [0.2, 0.25) is 0 Å². The van der Waals surface area contributed by atoms with Crippen molar-refractivity contribution in [1.29, 1.82) is 0 Å². The molecule has 0 fully saturated rings. The van der Waals surface area contributed by atoms with E-state index >= 15 is 0 Å².